The number of hydrogen-bond donors (Lipinski definition) is 1. The molecule has 72 valence electrons. The number of nitrogens with two attached hydrogens (primary N) is 1. The molecule has 0 saturated carbocycles. The fourth-order valence-corrected chi connectivity index (χ4v) is 2.87. The number of hydrogen-bond acceptors (Lipinski definition) is 2. The van der Waals surface area contributed by atoms with Crippen LogP contribution < -0.4 is 5.73 Å². The van der Waals surface area contributed by atoms with E-state index in [4.69, 9.17) is 17.3 Å². The van der Waals surface area contributed by atoms with Gasteiger partial charge in [-0.3, -0.25) is 0 Å². The standard InChI is InChI=1S/C9H5BrClIN2/c10-5-2-1-4-3-6(13)14-9(12)7(4)8(5)11/h1-3H,(H2,13,14). The lowest BCUT2D eigenvalue weighted by atomic mass is 10.2. The zero-order valence-corrected chi connectivity index (χ0v) is 11.4. The summed E-state index contributed by atoms with van der Waals surface area (Å²) in [6, 6.07) is 5.68. The second-order valence-corrected chi connectivity index (χ2v) is 5.05. The molecule has 5 heteroatoms. The molecule has 1 heterocycles. The summed E-state index contributed by atoms with van der Waals surface area (Å²) in [5, 5.41) is 2.63. The maximum absolute atomic E-state index is 6.15. The van der Waals surface area contributed by atoms with E-state index in [0.717, 1.165) is 18.9 Å². The molecule has 2 rings (SSSR count). The van der Waals surface area contributed by atoms with Crippen LogP contribution in [0.15, 0.2) is 22.7 Å². The first-order valence-electron chi connectivity index (χ1n) is 3.79. The highest BCUT2D eigenvalue weighted by molar-refractivity contribution is 14.1. The van der Waals surface area contributed by atoms with E-state index in [1.165, 1.54) is 0 Å². The summed E-state index contributed by atoms with van der Waals surface area (Å²) < 4.78 is 1.69. The Morgan fingerprint density at radius 2 is 2.14 bits per heavy atom. The van der Waals surface area contributed by atoms with Crippen LogP contribution in [0.1, 0.15) is 0 Å². The van der Waals surface area contributed by atoms with Gasteiger partial charge in [-0.2, -0.15) is 0 Å². The van der Waals surface area contributed by atoms with E-state index >= 15 is 0 Å². The highest BCUT2D eigenvalue weighted by Crippen LogP contribution is 2.33. The molecule has 1 aromatic heterocycles. The normalized spacial score (nSPS) is 10.8. The highest BCUT2D eigenvalue weighted by atomic mass is 127. The molecule has 0 spiro atoms. The number of halogens is 3. The van der Waals surface area contributed by atoms with Gasteiger partial charge < -0.3 is 5.73 Å². The Kier molecular flexibility index (Phi) is 2.86. The Hall–Kier alpha value is -0.0700. The van der Waals surface area contributed by atoms with Crippen molar-refractivity contribution >= 4 is 66.7 Å². The first kappa shape index (κ1) is 10.4. The van der Waals surface area contributed by atoms with Crippen LogP contribution in [-0.4, -0.2) is 4.98 Å². The van der Waals surface area contributed by atoms with Gasteiger partial charge in [0.25, 0.3) is 0 Å². The largest absolute Gasteiger partial charge is 0.384 e. The van der Waals surface area contributed by atoms with Gasteiger partial charge in [0.15, 0.2) is 0 Å². The van der Waals surface area contributed by atoms with Crippen molar-refractivity contribution in [3.63, 3.8) is 0 Å². The fourth-order valence-electron chi connectivity index (χ4n) is 1.26. The Labute approximate surface area is 108 Å². The molecule has 0 amide bonds. The summed E-state index contributed by atoms with van der Waals surface area (Å²) in [6.45, 7) is 0. The third-order valence-electron chi connectivity index (χ3n) is 1.86. The second kappa shape index (κ2) is 3.83. The lowest BCUT2D eigenvalue weighted by molar-refractivity contribution is 1.32. The van der Waals surface area contributed by atoms with Gasteiger partial charge in [-0.25, -0.2) is 4.98 Å². The predicted molar refractivity (Wildman–Crippen MR) is 71.6 cm³/mol. The summed E-state index contributed by atoms with van der Waals surface area (Å²) in [5.41, 5.74) is 5.64. The molecular formula is C9H5BrClIN2. The minimum absolute atomic E-state index is 0.514. The van der Waals surface area contributed by atoms with Gasteiger partial charge in [-0.15, -0.1) is 0 Å². The SMILES string of the molecule is Nc1cc2ccc(Br)c(Cl)c2c(I)n1. The maximum Gasteiger partial charge on any atom is 0.125 e. The van der Waals surface area contributed by atoms with Gasteiger partial charge >= 0.3 is 0 Å². The average molecular weight is 383 g/mol. The maximum atomic E-state index is 6.15. The number of benzene rings is 1. The Morgan fingerprint density at radius 1 is 1.43 bits per heavy atom. The van der Waals surface area contributed by atoms with Crippen LogP contribution in [0.2, 0.25) is 5.02 Å². The van der Waals surface area contributed by atoms with E-state index in [1.807, 2.05) is 18.2 Å². The van der Waals surface area contributed by atoms with Crippen LogP contribution in [0.4, 0.5) is 5.82 Å². The predicted octanol–water partition coefficient (Wildman–Crippen LogP) is 3.84. The zero-order chi connectivity index (χ0) is 10.3. The van der Waals surface area contributed by atoms with Crippen molar-refractivity contribution in [1.29, 1.82) is 0 Å². The lowest BCUT2D eigenvalue weighted by Gasteiger charge is -2.05. The first-order valence-corrected chi connectivity index (χ1v) is 6.04. The van der Waals surface area contributed by atoms with Crippen LogP contribution >= 0.6 is 50.1 Å². The number of pyridine rings is 1. The molecule has 0 atom stereocenters. The topological polar surface area (TPSA) is 38.9 Å². The Balaban J connectivity index is 2.95. The van der Waals surface area contributed by atoms with Crippen molar-refractivity contribution in [3.8, 4) is 0 Å². The fraction of sp³-hybridized carbons (Fsp3) is 0. The van der Waals surface area contributed by atoms with Crippen LogP contribution in [0.5, 0.6) is 0 Å². The number of anilines is 1. The zero-order valence-electron chi connectivity index (χ0n) is 6.89. The molecule has 0 radical (unpaired) electrons. The summed E-state index contributed by atoms with van der Waals surface area (Å²) in [7, 11) is 0. The molecule has 1 aromatic carbocycles. The van der Waals surface area contributed by atoms with E-state index in [2.05, 4.69) is 43.5 Å². The third kappa shape index (κ3) is 1.70. The average Bonchev–Trinajstić information content (AvgIpc) is 2.10. The Morgan fingerprint density at radius 3 is 2.86 bits per heavy atom. The molecule has 0 bridgehead atoms. The van der Waals surface area contributed by atoms with Gasteiger partial charge in [-0.1, -0.05) is 17.7 Å². The molecule has 0 saturated heterocycles. The number of rotatable bonds is 0. The molecule has 0 aliphatic rings. The van der Waals surface area contributed by atoms with Crippen molar-refractivity contribution in [2.45, 2.75) is 0 Å². The van der Waals surface area contributed by atoms with E-state index in [0.29, 0.717) is 10.8 Å². The quantitative estimate of drug-likeness (QED) is 0.555. The van der Waals surface area contributed by atoms with E-state index in [-0.39, 0.29) is 0 Å². The minimum atomic E-state index is 0.514. The molecule has 14 heavy (non-hydrogen) atoms. The molecule has 0 unspecified atom stereocenters. The van der Waals surface area contributed by atoms with Crippen molar-refractivity contribution in [2.75, 3.05) is 5.73 Å². The van der Waals surface area contributed by atoms with Gasteiger partial charge in [0.2, 0.25) is 0 Å². The number of aromatic nitrogens is 1. The summed E-state index contributed by atoms with van der Waals surface area (Å²) in [5.74, 6) is 0.514. The third-order valence-corrected chi connectivity index (χ3v) is 3.93. The second-order valence-electron chi connectivity index (χ2n) is 2.80. The molecule has 0 aliphatic carbocycles. The summed E-state index contributed by atoms with van der Waals surface area (Å²) >= 11 is 11.7. The summed E-state index contributed by atoms with van der Waals surface area (Å²) in [6.07, 6.45) is 0. The molecule has 2 nitrogen and oxygen atoms in total. The molecule has 2 aromatic rings. The van der Waals surface area contributed by atoms with Gasteiger partial charge in [0, 0.05) is 9.86 Å². The van der Waals surface area contributed by atoms with Crippen LogP contribution in [0.3, 0.4) is 0 Å². The van der Waals surface area contributed by atoms with E-state index in [1.54, 1.807) is 0 Å². The molecule has 0 aliphatic heterocycles. The molecule has 2 N–H and O–H groups in total. The molecule has 0 fully saturated rings. The van der Waals surface area contributed by atoms with Crippen molar-refractivity contribution in [1.82, 2.24) is 4.98 Å². The van der Waals surface area contributed by atoms with Crippen LogP contribution in [0, 0.1) is 3.70 Å². The molecular weight excluding hydrogens is 378 g/mol. The van der Waals surface area contributed by atoms with Crippen molar-refractivity contribution < 1.29 is 0 Å². The number of nitrogen functional groups attached to an aromatic ring is 1. The number of fused-ring (bicyclic) bond motifs is 1. The van der Waals surface area contributed by atoms with Crippen molar-refractivity contribution in [2.24, 2.45) is 0 Å². The van der Waals surface area contributed by atoms with Gasteiger partial charge in [0.1, 0.15) is 9.52 Å². The van der Waals surface area contributed by atoms with Crippen LogP contribution in [0.25, 0.3) is 10.8 Å². The van der Waals surface area contributed by atoms with Gasteiger partial charge in [-0.05, 0) is 56.0 Å². The summed E-state index contributed by atoms with van der Waals surface area (Å²) in [4.78, 5) is 4.16. The monoisotopic (exact) mass is 382 g/mol. The van der Waals surface area contributed by atoms with Crippen LogP contribution in [-0.2, 0) is 0 Å². The lowest BCUT2D eigenvalue weighted by Crippen LogP contribution is -1.93. The van der Waals surface area contributed by atoms with E-state index in [9.17, 15) is 0 Å². The smallest absolute Gasteiger partial charge is 0.125 e. The van der Waals surface area contributed by atoms with Gasteiger partial charge in [0.05, 0.1) is 5.02 Å². The first-order chi connectivity index (χ1) is 6.59. The van der Waals surface area contributed by atoms with Crippen molar-refractivity contribution in [3.05, 3.63) is 31.4 Å². The Bertz CT molecular complexity index is 516. The minimum Gasteiger partial charge on any atom is -0.384 e. The number of nitrogens with zero attached hydrogens (tertiary/aromatic N) is 1. The van der Waals surface area contributed by atoms with E-state index < -0.39 is 0 Å². The highest BCUT2D eigenvalue weighted by Gasteiger charge is 2.08.